The standard InChI is InChI=1S/C25H20FNO7/c1-10-8-17(28)15-9-14-11(6-7-13-19(14)24(32)27(23(13)31)25(33)34-2)18(20(15)21(10)29)12-4-3-5-16(26)22(12)30/h3-6,8,13-14,18-19,30H,7,9H2,1-2H3. The molecule has 0 aromatic heterocycles. The predicted molar refractivity (Wildman–Crippen MR) is 114 cm³/mol. The summed E-state index contributed by atoms with van der Waals surface area (Å²) >= 11 is 0. The topological polar surface area (TPSA) is 118 Å². The minimum absolute atomic E-state index is 0.0112. The summed E-state index contributed by atoms with van der Waals surface area (Å²) < 4.78 is 18.9. The molecule has 8 nitrogen and oxygen atoms in total. The van der Waals surface area contributed by atoms with Crippen LogP contribution in [0.1, 0.15) is 31.2 Å². The van der Waals surface area contributed by atoms with Crippen molar-refractivity contribution in [2.75, 3.05) is 7.11 Å². The van der Waals surface area contributed by atoms with Gasteiger partial charge in [-0.2, -0.15) is 4.90 Å². The number of carbonyl (C=O) groups excluding carboxylic acids is 5. The normalized spacial score (nSPS) is 28.3. The van der Waals surface area contributed by atoms with Crippen LogP contribution in [-0.4, -0.2) is 46.6 Å². The summed E-state index contributed by atoms with van der Waals surface area (Å²) in [6.07, 6.45) is 1.98. The number of hydrogen-bond acceptors (Lipinski definition) is 7. The van der Waals surface area contributed by atoms with Gasteiger partial charge in [-0.05, 0) is 37.8 Å². The number of carbonyl (C=O) groups is 5. The number of phenols is 1. The summed E-state index contributed by atoms with van der Waals surface area (Å²) in [6.45, 7) is 1.51. The lowest BCUT2D eigenvalue weighted by molar-refractivity contribution is -0.137. The minimum atomic E-state index is -1.08. The fourth-order valence-corrected chi connectivity index (χ4v) is 5.75. The van der Waals surface area contributed by atoms with Crippen molar-refractivity contribution in [1.29, 1.82) is 0 Å². The van der Waals surface area contributed by atoms with Gasteiger partial charge < -0.3 is 9.84 Å². The number of imide groups is 3. The van der Waals surface area contributed by atoms with Gasteiger partial charge in [-0.3, -0.25) is 19.2 Å². The van der Waals surface area contributed by atoms with Crippen LogP contribution in [-0.2, 0) is 23.9 Å². The number of rotatable bonds is 1. The van der Waals surface area contributed by atoms with Crippen LogP contribution in [0.25, 0.3) is 0 Å². The van der Waals surface area contributed by atoms with Gasteiger partial charge in [-0.25, -0.2) is 9.18 Å². The van der Waals surface area contributed by atoms with Crippen LogP contribution in [0.15, 0.2) is 52.6 Å². The number of methoxy groups -OCH3 is 1. The molecule has 0 radical (unpaired) electrons. The van der Waals surface area contributed by atoms with Crippen LogP contribution < -0.4 is 0 Å². The molecule has 5 rings (SSSR count). The van der Waals surface area contributed by atoms with Crippen molar-refractivity contribution in [2.24, 2.45) is 17.8 Å². The van der Waals surface area contributed by atoms with Crippen molar-refractivity contribution in [1.82, 2.24) is 4.90 Å². The summed E-state index contributed by atoms with van der Waals surface area (Å²) in [5.41, 5.74) is 1.18. The zero-order chi connectivity index (χ0) is 24.5. The van der Waals surface area contributed by atoms with E-state index in [1.165, 1.54) is 25.1 Å². The molecule has 3 amide bonds. The second-order valence-corrected chi connectivity index (χ2v) is 8.89. The highest BCUT2D eigenvalue weighted by Crippen LogP contribution is 2.56. The number of allylic oxidation sites excluding steroid dienone is 6. The number of nitrogens with zero attached hydrogens (tertiary/aromatic N) is 1. The van der Waals surface area contributed by atoms with Crippen LogP contribution in [0.4, 0.5) is 9.18 Å². The van der Waals surface area contributed by atoms with Crippen LogP contribution in [0.3, 0.4) is 0 Å². The Hall–Kier alpha value is -3.88. The van der Waals surface area contributed by atoms with Gasteiger partial charge in [0.05, 0.1) is 18.9 Å². The van der Waals surface area contributed by atoms with Gasteiger partial charge in [-0.1, -0.05) is 23.8 Å². The lowest BCUT2D eigenvalue weighted by Gasteiger charge is -2.42. The number of fused-ring (bicyclic) bond motifs is 3. The number of amides is 3. The number of Topliss-reactive ketones (excluding diaryl/α,β-unsaturated/α-hetero) is 1. The number of aromatic hydroxyl groups is 1. The molecule has 1 aromatic carbocycles. The molecule has 34 heavy (non-hydrogen) atoms. The fraction of sp³-hybridized carbons (Fsp3) is 0.320. The van der Waals surface area contributed by atoms with Gasteiger partial charge in [0.1, 0.15) is 0 Å². The third kappa shape index (κ3) is 2.85. The molecule has 4 aliphatic rings. The van der Waals surface area contributed by atoms with E-state index in [1.807, 2.05) is 0 Å². The van der Waals surface area contributed by atoms with Gasteiger partial charge in [0.25, 0.3) is 0 Å². The zero-order valence-corrected chi connectivity index (χ0v) is 18.3. The Bertz CT molecular complexity index is 1300. The van der Waals surface area contributed by atoms with Crippen molar-refractivity contribution in [3.05, 3.63) is 64.0 Å². The first-order chi connectivity index (χ1) is 16.2. The van der Waals surface area contributed by atoms with Crippen LogP contribution >= 0.6 is 0 Å². The van der Waals surface area contributed by atoms with Crippen LogP contribution in [0.2, 0.25) is 0 Å². The maximum Gasteiger partial charge on any atom is 0.423 e. The highest BCUT2D eigenvalue weighted by molar-refractivity contribution is 6.24. The molecule has 0 saturated carbocycles. The fourth-order valence-electron chi connectivity index (χ4n) is 5.75. The summed E-state index contributed by atoms with van der Waals surface area (Å²) in [5, 5.41) is 10.6. The number of ketones is 2. The molecule has 0 spiro atoms. The van der Waals surface area contributed by atoms with Crippen molar-refractivity contribution in [3.8, 4) is 5.75 Å². The van der Waals surface area contributed by atoms with E-state index in [2.05, 4.69) is 4.74 Å². The number of phenolic OH excluding ortho intramolecular Hbond substituents is 1. The lowest BCUT2D eigenvalue weighted by Crippen LogP contribution is -2.40. The Balaban J connectivity index is 1.70. The van der Waals surface area contributed by atoms with E-state index in [0.29, 0.717) is 10.5 Å². The highest BCUT2D eigenvalue weighted by Gasteiger charge is 2.58. The van der Waals surface area contributed by atoms with Crippen LogP contribution in [0, 0.1) is 23.6 Å². The third-order valence-electron chi connectivity index (χ3n) is 7.25. The lowest BCUT2D eigenvalue weighted by atomic mass is 9.59. The maximum atomic E-state index is 14.3. The predicted octanol–water partition coefficient (Wildman–Crippen LogP) is 2.73. The van der Waals surface area contributed by atoms with Gasteiger partial charge >= 0.3 is 6.09 Å². The molecular weight excluding hydrogens is 445 g/mol. The van der Waals surface area contributed by atoms with Crippen LogP contribution in [0.5, 0.6) is 5.75 Å². The second-order valence-electron chi connectivity index (χ2n) is 8.89. The number of benzene rings is 1. The van der Waals surface area contributed by atoms with E-state index in [1.54, 1.807) is 6.08 Å². The Kier molecular flexibility index (Phi) is 4.89. The summed E-state index contributed by atoms with van der Waals surface area (Å²) in [5.74, 6) is -7.19. The molecule has 1 heterocycles. The quantitative estimate of drug-likeness (QED) is 0.385. The smallest absolute Gasteiger partial charge is 0.423 e. The van der Waals surface area contributed by atoms with Crippen molar-refractivity contribution >= 4 is 29.5 Å². The Morgan fingerprint density at radius 2 is 1.88 bits per heavy atom. The largest absolute Gasteiger partial charge is 0.505 e. The van der Waals surface area contributed by atoms with E-state index in [-0.39, 0.29) is 35.1 Å². The molecule has 174 valence electrons. The molecule has 1 saturated heterocycles. The average molecular weight is 465 g/mol. The number of halogens is 1. The molecule has 1 aliphatic heterocycles. The minimum Gasteiger partial charge on any atom is -0.505 e. The van der Waals surface area contributed by atoms with Crippen molar-refractivity contribution in [3.63, 3.8) is 0 Å². The Labute approximate surface area is 193 Å². The monoisotopic (exact) mass is 465 g/mol. The van der Waals surface area contributed by atoms with E-state index in [0.717, 1.165) is 13.2 Å². The maximum absolute atomic E-state index is 14.3. The summed E-state index contributed by atoms with van der Waals surface area (Å²) in [4.78, 5) is 64.9. The second kappa shape index (κ2) is 7.58. The number of likely N-dealkylation sites (tertiary alicyclic amines) is 1. The molecule has 3 aliphatic carbocycles. The van der Waals surface area contributed by atoms with Gasteiger partial charge in [0.2, 0.25) is 11.8 Å². The molecule has 9 heteroatoms. The van der Waals surface area contributed by atoms with Gasteiger partial charge in [0.15, 0.2) is 23.1 Å². The summed E-state index contributed by atoms with van der Waals surface area (Å²) in [6, 6.07) is 3.93. The van der Waals surface area contributed by atoms with E-state index in [9.17, 15) is 33.5 Å². The van der Waals surface area contributed by atoms with Crippen molar-refractivity contribution in [2.45, 2.75) is 25.7 Å². The number of hydrogen-bond donors (Lipinski definition) is 1. The van der Waals surface area contributed by atoms with Gasteiger partial charge in [0, 0.05) is 28.2 Å². The summed E-state index contributed by atoms with van der Waals surface area (Å²) in [7, 11) is 1.07. The molecular formula is C25H20FNO7. The molecule has 0 bridgehead atoms. The first kappa shape index (κ1) is 21.9. The SMILES string of the molecule is COC(=O)N1C(=O)C2CC=C3C(c4cccc(F)c4O)C4=C(CC3C2C1=O)C(=O)C=C(C)C4=O. The Morgan fingerprint density at radius 1 is 1.15 bits per heavy atom. The van der Waals surface area contributed by atoms with E-state index in [4.69, 9.17) is 0 Å². The Morgan fingerprint density at radius 3 is 2.59 bits per heavy atom. The van der Waals surface area contributed by atoms with Gasteiger partial charge in [-0.15, -0.1) is 0 Å². The first-order valence-corrected chi connectivity index (χ1v) is 10.8. The van der Waals surface area contributed by atoms with E-state index < -0.39 is 64.7 Å². The zero-order valence-electron chi connectivity index (χ0n) is 18.3. The first-order valence-electron chi connectivity index (χ1n) is 10.8. The molecule has 1 fully saturated rings. The van der Waals surface area contributed by atoms with Crippen molar-refractivity contribution < 1.29 is 38.2 Å². The molecule has 4 unspecified atom stereocenters. The molecule has 1 aromatic rings. The number of para-hydroxylation sites is 1. The average Bonchev–Trinajstić information content (AvgIpc) is 3.07. The highest BCUT2D eigenvalue weighted by atomic mass is 19.1. The molecule has 4 atom stereocenters. The third-order valence-corrected chi connectivity index (χ3v) is 7.25. The van der Waals surface area contributed by atoms with E-state index >= 15 is 0 Å². The number of ether oxygens (including phenoxy) is 1. The molecule has 1 N–H and O–H groups in total.